The van der Waals surface area contributed by atoms with Crippen LogP contribution in [0.4, 0.5) is 9.18 Å². The lowest BCUT2D eigenvalue weighted by atomic mass is 9.84. The molecule has 0 aliphatic carbocycles. The normalized spacial score (nSPS) is 25.7. The fourth-order valence-electron chi connectivity index (χ4n) is 2.45. The number of hydrogen-bond acceptors (Lipinski definition) is 4. The van der Waals surface area contributed by atoms with Crippen LogP contribution in [0.25, 0.3) is 0 Å². The van der Waals surface area contributed by atoms with Crippen molar-refractivity contribution in [2.75, 3.05) is 13.1 Å². The third-order valence-electron chi connectivity index (χ3n) is 4.51. The van der Waals surface area contributed by atoms with Crippen molar-refractivity contribution >= 4 is 13.2 Å². The van der Waals surface area contributed by atoms with Crippen molar-refractivity contribution in [1.82, 2.24) is 4.90 Å². The van der Waals surface area contributed by atoms with Gasteiger partial charge in [-0.15, -0.1) is 0 Å². The van der Waals surface area contributed by atoms with Crippen molar-refractivity contribution < 1.29 is 23.2 Å². The summed E-state index contributed by atoms with van der Waals surface area (Å²) in [6, 6.07) is 0. The Morgan fingerprint density at radius 2 is 1.74 bits per heavy atom. The zero-order valence-electron chi connectivity index (χ0n) is 15.2. The van der Waals surface area contributed by atoms with Crippen LogP contribution in [0.5, 0.6) is 0 Å². The molecular formula is C16H27BFNO4. The fraction of sp³-hybridized carbons (Fsp3) is 0.812. The molecular weight excluding hydrogens is 300 g/mol. The van der Waals surface area contributed by atoms with Crippen LogP contribution in [0.1, 0.15) is 54.9 Å². The molecule has 0 saturated carbocycles. The van der Waals surface area contributed by atoms with E-state index >= 15 is 0 Å². The number of hydrogen-bond donors (Lipinski definition) is 0. The molecule has 23 heavy (non-hydrogen) atoms. The first-order valence-corrected chi connectivity index (χ1v) is 8.03. The van der Waals surface area contributed by atoms with Crippen LogP contribution < -0.4 is 0 Å². The van der Waals surface area contributed by atoms with Crippen LogP contribution >= 0.6 is 0 Å². The Balaban J connectivity index is 2.06. The van der Waals surface area contributed by atoms with E-state index in [2.05, 4.69) is 0 Å². The summed E-state index contributed by atoms with van der Waals surface area (Å²) in [5, 5.41) is 0. The van der Waals surface area contributed by atoms with Gasteiger partial charge < -0.3 is 18.9 Å². The molecule has 130 valence electrons. The maximum absolute atomic E-state index is 14.7. The highest BCUT2D eigenvalue weighted by molar-refractivity contribution is 6.53. The number of rotatable bonds is 1. The number of amides is 1. The Hall–Kier alpha value is -1.08. The number of carbonyl (C=O) groups is 1. The van der Waals surface area contributed by atoms with Gasteiger partial charge in [-0.2, -0.15) is 0 Å². The standard InChI is InChI=1S/C16H27BFNO4/c1-14(2,3)21-13(20)19-9-8-11(10-19)12(18)17-22-15(4,5)16(6,7)23-17/h8-10H2,1-7H3. The minimum Gasteiger partial charge on any atom is -0.444 e. The van der Waals surface area contributed by atoms with Gasteiger partial charge in [-0.1, -0.05) is 0 Å². The molecule has 2 saturated heterocycles. The second kappa shape index (κ2) is 5.78. The van der Waals surface area contributed by atoms with E-state index in [4.69, 9.17) is 14.0 Å². The van der Waals surface area contributed by atoms with Gasteiger partial charge in [0.05, 0.1) is 11.2 Å². The summed E-state index contributed by atoms with van der Waals surface area (Å²) in [5.74, 6) is 0. The van der Waals surface area contributed by atoms with Crippen LogP contribution in [-0.2, 0) is 14.0 Å². The molecule has 0 aromatic rings. The number of ether oxygens (including phenoxy) is 1. The van der Waals surface area contributed by atoms with Crippen LogP contribution in [0, 0.1) is 0 Å². The van der Waals surface area contributed by atoms with Crippen molar-refractivity contribution in [2.45, 2.75) is 71.7 Å². The Labute approximate surface area is 138 Å². The first kappa shape index (κ1) is 18.3. The average molecular weight is 327 g/mol. The molecule has 5 nitrogen and oxygen atoms in total. The number of nitrogens with zero attached hydrogens (tertiary/aromatic N) is 1. The number of carbonyl (C=O) groups excluding carboxylic acids is 1. The SMILES string of the molecule is CC(C)(C)OC(=O)N1CCC(=C(F)B2OC(C)(C)C(C)(C)O2)C1. The Morgan fingerprint density at radius 1 is 1.22 bits per heavy atom. The minimum atomic E-state index is -1.01. The van der Waals surface area contributed by atoms with Crippen molar-refractivity contribution in [2.24, 2.45) is 0 Å². The van der Waals surface area contributed by atoms with E-state index in [-0.39, 0.29) is 6.54 Å². The molecule has 1 amide bonds. The van der Waals surface area contributed by atoms with E-state index in [1.807, 2.05) is 48.5 Å². The molecule has 0 aromatic carbocycles. The highest BCUT2D eigenvalue weighted by Crippen LogP contribution is 2.40. The van der Waals surface area contributed by atoms with E-state index < -0.39 is 35.7 Å². The second-order valence-corrected chi connectivity index (χ2v) is 8.19. The molecule has 0 spiro atoms. The van der Waals surface area contributed by atoms with Gasteiger partial charge in [0.15, 0.2) is 0 Å². The molecule has 0 N–H and O–H groups in total. The predicted octanol–water partition coefficient (Wildman–Crippen LogP) is 3.48. The van der Waals surface area contributed by atoms with Crippen LogP contribution in [0.3, 0.4) is 0 Å². The zero-order chi connectivity index (χ0) is 17.6. The highest BCUT2D eigenvalue weighted by atomic mass is 19.1. The van der Waals surface area contributed by atoms with Crippen LogP contribution in [0.2, 0.25) is 0 Å². The first-order chi connectivity index (χ1) is 10.3. The zero-order valence-corrected chi connectivity index (χ0v) is 15.2. The van der Waals surface area contributed by atoms with Gasteiger partial charge in [-0.05, 0) is 60.5 Å². The summed E-state index contributed by atoms with van der Waals surface area (Å²) in [7, 11) is -1.01. The van der Waals surface area contributed by atoms with E-state index in [9.17, 15) is 9.18 Å². The molecule has 2 fully saturated rings. The summed E-state index contributed by atoms with van der Waals surface area (Å²) in [5.41, 5.74) is -1.62. The smallest absolute Gasteiger partial charge is 0.444 e. The lowest BCUT2D eigenvalue weighted by Gasteiger charge is -2.32. The molecule has 2 aliphatic rings. The molecule has 0 radical (unpaired) electrons. The largest absolute Gasteiger partial charge is 0.525 e. The lowest BCUT2D eigenvalue weighted by Crippen LogP contribution is -2.41. The van der Waals surface area contributed by atoms with Gasteiger partial charge in [-0.3, -0.25) is 0 Å². The summed E-state index contributed by atoms with van der Waals surface area (Å²) in [6.45, 7) is 13.6. The van der Waals surface area contributed by atoms with Gasteiger partial charge in [0.2, 0.25) is 0 Å². The monoisotopic (exact) mass is 327 g/mol. The summed E-state index contributed by atoms with van der Waals surface area (Å²) < 4.78 is 31.5. The molecule has 2 rings (SSSR count). The predicted molar refractivity (Wildman–Crippen MR) is 86.6 cm³/mol. The van der Waals surface area contributed by atoms with E-state index in [0.29, 0.717) is 18.5 Å². The molecule has 0 aromatic heterocycles. The minimum absolute atomic E-state index is 0.213. The Morgan fingerprint density at radius 3 is 2.22 bits per heavy atom. The third-order valence-corrected chi connectivity index (χ3v) is 4.51. The van der Waals surface area contributed by atoms with Gasteiger partial charge >= 0.3 is 13.2 Å². The van der Waals surface area contributed by atoms with Crippen LogP contribution in [-0.4, -0.2) is 48.0 Å². The Kier molecular flexibility index (Phi) is 4.59. The maximum atomic E-state index is 14.7. The molecule has 0 unspecified atom stereocenters. The van der Waals surface area contributed by atoms with E-state index in [0.717, 1.165) is 0 Å². The van der Waals surface area contributed by atoms with Crippen molar-refractivity contribution in [1.29, 1.82) is 0 Å². The summed E-state index contributed by atoms with van der Waals surface area (Å²) in [4.78, 5) is 13.6. The molecule has 0 bridgehead atoms. The summed E-state index contributed by atoms with van der Waals surface area (Å²) in [6.07, 6.45) is 0.0454. The van der Waals surface area contributed by atoms with Crippen LogP contribution in [0.15, 0.2) is 11.3 Å². The fourth-order valence-corrected chi connectivity index (χ4v) is 2.45. The topological polar surface area (TPSA) is 48.0 Å². The van der Waals surface area contributed by atoms with E-state index in [1.54, 1.807) is 0 Å². The second-order valence-electron chi connectivity index (χ2n) is 8.19. The van der Waals surface area contributed by atoms with Gasteiger partial charge in [-0.25, -0.2) is 9.18 Å². The third kappa shape index (κ3) is 3.88. The molecule has 0 atom stereocenters. The molecule has 2 aliphatic heterocycles. The average Bonchev–Trinajstić information content (AvgIpc) is 2.90. The van der Waals surface area contributed by atoms with Crippen molar-refractivity contribution in [3.8, 4) is 0 Å². The van der Waals surface area contributed by atoms with Gasteiger partial charge in [0, 0.05) is 13.1 Å². The molecule has 2 heterocycles. The van der Waals surface area contributed by atoms with Crippen molar-refractivity contribution in [3.05, 3.63) is 11.3 Å². The number of halogens is 1. The summed E-state index contributed by atoms with van der Waals surface area (Å²) >= 11 is 0. The Bertz CT molecular complexity index is 509. The lowest BCUT2D eigenvalue weighted by molar-refractivity contribution is 0.00578. The van der Waals surface area contributed by atoms with Gasteiger partial charge in [0.1, 0.15) is 11.3 Å². The quantitative estimate of drug-likeness (QED) is 0.692. The first-order valence-electron chi connectivity index (χ1n) is 8.03. The highest BCUT2D eigenvalue weighted by Gasteiger charge is 2.53. The maximum Gasteiger partial charge on any atom is 0.525 e. The number of likely N-dealkylation sites (tertiary alicyclic amines) is 1. The van der Waals surface area contributed by atoms with E-state index in [1.165, 1.54) is 4.90 Å². The van der Waals surface area contributed by atoms with Gasteiger partial charge in [0.25, 0.3) is 0 Å². The molecule has 7 heteroatoms. The van der Waals surface area contributed by atoms with Crippen molar-refractivity contribution in [3.63, 3.8) is 0 Å².